The largest absolute Gasteiger partial charge is 0.385 e. The summed E-state index contributed by atoms with van der Waals surface area (Å²) in [5, 5.41) is 10.3. The highest BCUT2D eigenvalue weighted by Gasteiger charge is 2.31. The molecule has 5 nitrogen and oxygen atoms in total. The van der Waals surface area contributed by atoms with Crippen molar-refractivity contribution >= 4 is 5.91 Å². The highest BCUT2D eigenvalue weighted by molar-refractivity contribution is 5.79. The molecule has 3 heterocycles. The average Bonchev–Trinajstić information content (AvgIpc) is 2.62. The first-order valence-electron chi connectivity index (χ1n) is 9.33. The Kier molecular flexibility index (Phi) is 6.02. The fourth-order valence-corrected chi connectivity index (χ4v) is 3.93. The van der Waals surface area contributed by atoms with Gasteiger partial charge in [0.15, 0.2) is 0 Å². The highest BCUT2D eigenvalue weighted by atomic mass is 19.1. The lowest BCUT2D eigenvalue weighted by atomic mass is 9.92. The van der Waals surface area contributed by atoms with Crippen LogP contribution in [-0.4, -0.2) is 58.5 Å². The molecule has 3 rings (SSSR count). The number of rotatable bonds is 4. The quantitative estimate of drug-likeness (QED) is 0.906. The lowest BCUT2D eigenvalue weighted by Gasteiger charge is -2.37. The van der Waals surface area contributed by atoms with Gasteiger partial charge in [0.1, 0.15) is 11.9 Å². The summed E-state index contributed by atoms with van der Waals surface area (Å²) < 4.78 is 12.9. The van der Waals surface area contributed by atoms with Crippen LogP contribution in [0.1, 0.15) is 44.4 Å². The first kappa shape index (κ1) is 18.3. The van der Waals surface area contributed by atoms with Crippen LogP contribution in [0.4, 0.5) is 4.39 Å². The van der Waals surface area contributed by atoms with E-state index in [1.165, 1.54) is 18.6 Å². The summed E-state index contributed by atoms with van der Waals surface area (Å²) in [6.45, 7) is 6.09. The Morgan fingerprint density at radius 2 is 2.08 bits per heavy atom. The summed E-state index contributed by atoms with van der Waals surface area (Å²) in [5.74, 6) is 0.632. The smallest absolute Gasteiger partial charge is 0.225 e. The zero-order chi connectivity index (χ0) is 17.8. The van der Waals surface area contributed by atoms with E-state index in [1.54, 1.807) is 0 Å². The third-order valence-corrected chi connectivity index (χ3v) is 5.43. The number of aliphatic hydroxyl groups is 1. The molecule has 1 N–H and O–H groups in total. The summed E-state index contributed by atoms with van der Waals surface area (Å²) in [7, 11) is 0. The van der Waals surface area contributed by atoms with Crippen LogP contribution in [0.25, 0.3) is 0 Å². The molecule has 1 amide bonds. The number of nitrogens with zero attached hydrogens (tertiary/aromatic N) is 3. The summed E-state index contributed by atoms with van der Waals surface area (Å²) in [6, 6.07) is 2.84. The van der Waals surface area contributed by atoms with E-state index in [0.29, 0.717) is 24.1 Å². The van der Waals surface area contributed by atoms with Gasteiger partial charge in [-0.25, -0.2) is 4.39 Å². The maximum absolute atomic E-state index is 12.9. The number of hydrogen-bond donors (Lipinski definition) is 1. The van der Waals surface area contributed by atoms with E-state index < -0.39 is 11.9 Å². The van der Waals surface area contributed by atoms with Crippen molar-refractivity contribution in [2.75, 3.05) is 32.7 Å². The van der Waals surface area contributed by atoms with Crippen LogP contribution in [0, 0.1) is 17.7 Å². The van der Waals surface area contributed by atoms with Crippen molar-refractivity contribution in [1.29, 1.82) is 0 Å². The van der Waals surface area contributed by atoms with Gasteiger partial charge in [0.05, 0.1) is 11.9 Å². The van der Waals surface area contributed by atoms with Crippen LogP contribution in [0.5, 0.6) is 0 Å². The first-order chi connectivity index (χ1) is 12.0. The Balaban J connectivity index is 1.46. The number of piperidine rings is 2. The van der Waals surface area contributed by atoms with Gasteiger partial charge in [-0.1, -0.05) is 6.92 Å². The van der Waals surface area contributed by atoms with Crippen LogP contribution in [0.3, 0.4) is 0 Å². The van der Waals surface area contributed by atoms with Crippen LogP contribution in [0.2, 0.25) is 0 Å². The van der Waals surface area contributed by atoms with Crippen molar-refractivity contribution in [2.45, 2.75) is 38.7 Å². The molecule has 6 heteroatoms. The molecule has 25 heavy (non-hydrogen) atoms. The first-order valence-corrected chi connectivity index (χ1v) is 9.33. The highest BCUT2D eigenvalue weighted by Crippen LogP contribution is 2.24. The van der Waals surface area contributed by atoms with Gasteiger partial charge < -0.3 is 14.9 Å². The molecule has 1 aromatic rings. The second kappa shape index (κ2) is 8.23. The minimum Gasteiger partial charge on any atom is -0.385 e. The Morgan fingerprint density at radius 1 is 1.32 bits per heavy atom. The fourth-order valence-electron chi connectivity index (χ4n) is 3.93. The molecule has 0 bridgehead atoms. The number of hydrogen-bond acceptors (Lipinski definition) is 4. The Morgan fingerprint density at radius 3 is 2.72 bits per heavy atom. The molecule has 2 fully saturated rings. The summed E-state index contributed by atoms with van der Waals surface area (Å²) in [4.78, 5) is 20.8. The molecule has 2 aliphatic rings. The van der Waals surface area contributed by atoms with Crippen molar-refractivity contribution in [1.82, 2.24) is 14.8 Å². The van der Waals surface area contributed by atoms with E-state index in [1.807, 2.05) is 4.90 Å². The Bertz CT molecular complexity index is 573. The van der Waals surface area contributed by atoms with Crippen molar-refractivity contribution in [3.05, 3.63) is 29.8 Å². The Hall–Kier alpha value is -1.53. The van der Waals surface area contributed by atoms with Gasteiger partial charge in [-0.15, -0.1) is 0 Å². The van der Waals surface area contributed by atoms with E-state index in [4.69, 9.17) is 0 Å². The second-order valence-electron chi connectivity index (χ2n) is 7.52. The standard InChI is InChI=1S/C19H28FN3O2/c1-14-3-2-8-23(12-14)19(25)15-6-9-22(10-7-15)13-18(24)17-5-4-16(20)11-21-17/h4-5,11,14-15,18,24H,2-3,6-10,12-13H2,1H3/t14-,18-/m0/s1. The number of carbonyl (C=O) groups excluding carboxylic acids is 1. The van der Waals surface area contributed by atoms with Gasteiger partial charge in [0, 0.05) is 25.6 Å². The van der Waals surface area contributed by atoms with Gasteiger partial charge in [-0.2, -0.15) is 0 Å². The molecule has 0 aromatic carbocycles. The molecular weight excluding hydrogens is 321 g/mol. The molecular formula is C19H28FN3O2. The molecule has 2 saturated heterocycles. The SMILES string of the molecule is C[C@H]1CCCN(C(=O)C2CCN(C[C@H](O)c3ccc(F)cn3)CC2)C1. The van der Waals surface area contributed by atoms with Gasteiger partial charge in [0.2, 0.25) is 5.91 Å². The number of pyridine rings is 1. The number of aromatic nitrogens is 1. The minimum atomic E-state index is -0.726. The summed E-state index contributed by atoms with van der Waals surface area (Å²) >= 11 is 0. The van der Waals surface area contributed by atoms with Crippen molar-refractivity contribution in [2.24, 2.45) is 11.8 Å². The normalized spacial score (nSPS) is 24.3. The van der Waals surface area contributed by atoms with E-state index in [-0.39, 0.29) is 5.92 Å². The van der Waals surface area contributed by atoms with E-state index in [9.17, 15) is 14.3 Å². The molecule has 0 unspecified atom stereocenters. The lowest BCUT2D eigenvalue weighted by molar-refractivity contribution is -0.138. The zero-order valence-corrected chi connectivity index (χ0v) is 14.9. The predicted molar refractivity (Wildman–Crippen MR) is 93.3 cm³/mol. The van der Waals surface area contributed by atoms with Crippen molar-refractivity contribution in [3.63, 3.8) is 0 Å². The third kappa shape index (κ3) is 4.76. The lowest BCUT2D eigenvalue weighted by Crippen LogP contribution is -2.46. The monoisotopic (exact) mass is 349 g/mol. The molecule has 2 aliphatic heterocycles. The number of carbonyl (C=O) groups is 1. The number of β-amino-alcohol motifs (C(OH)–C–C–N with tert-alkyl or cyclic N) is 1. The number of amides is 1. The molecule has 0 radical (unpaired) electrons. The number of halogens is 1. The van der Waals surface area contributed by atoms with Crippen molar-refractivity contribution in [3.8, 4) is 0 Å². The molecule has 0 spiro atoms. The zero-order valence-electron chi connectivity index (χ0n) is 14.9. The molecule has 0 aliphatic carbocycles. The van der Waals surface area contributed by atoms with Gasteiger partial charge >= 0.3 is 0 Å². The summed E-state index contributed by atoms with van der Waals surface area (Å²) in [6.07, 6.45) is 4.42. The minimum absolute atomic E-state index is 0.114. The van der Waals surface area contributed by atoms with Crippen LogP contribution in [-0.2, 0) is 4.79 Å². The van der Waals surface area contributed by atoms with Gasteiger partial charge in [-0.3, -0.25) is 9.78 Å². The van der Waals surface area contributed by atoms with E-state index in [2.05, 4.69) is 16.8 Å². The number of aliphatic hydroxyl groups excluding tert-OH is 1. The average molecular weight is 349 g/mol. The topological polar surface area (TPSA) is 56.7 Å². The van der Waals surface area contributed by atoms with E-state index in [0.717, 1.165) is 51.6 Å². The van der Waals surface area contributed by atoms with Gasteiger partial charge in [-0.05, 0) is 56.8 Å². The Labute approximate surface area is 148 Å². The van der Waals surface area contributed by atoms with Crippen LogP contribution >= 0.6 is 0 Å². The molecule has 1 aromatic heterocycles. The number of likely N-dealkylation sites (tertiary alicyclic amines) is 2. The second-order valence-corrected chi connectivity index (χ2v) is 7.52. The predicted octanol–water partition coefficient (Wildman–Crippen LogP) is 2.22. The third-order valence-electron chi connectivity index (χ3n) is 5.43. The van der Waals surface area contributed by atoms with Crippen LogP contribution < -0.4 is 0 Å². The van der Waals surface area contributed by atoms with Crippen LogP contribution in [0.15, 0.2) is 18.3 Å². The molecule has 2 atom stereocenters. The van der Waals surface area contributed by atoms with Crippen molar-refractivity contribution < 1.29 is 14.3 Å². The maximum atomic E-state index is 12.9. The molecule has 138 valence electrons. The fraction of sp³-hybridized carbons (Fsp3) is 0.684. The maximum Gasteiger partial charge on any atom is 0.225 e. The summed E-state index contributed by atoms with van der Waals surface area (Å²) in [5.41, 5.74) is 0.488. The molecule has 0 saturated carbocycles. The van der Waals surface area contributed by atoms with E-state index >= 15 is 0 Å². The van der Waals surface area contributed by atoms with Gasteiger partial charge in [0.25, 0.3) is 0 Å².